The molecular formula is C17H18N2O4S. The van der Waals surface area contributed by atoms with Crippen LogP contribution in [0.3, 0.4) is 0 Å². The third-order valence-corrected chi connectivity index (χ3v) is 5.82. The zero-order valence-corrected chi connectivity index (χ0v) is 14.0. The summed E-state index contributed by atoms with van der Waals surface area (Å²) in [5.41, 5.74) is 2.36. The maximum absolute atomic E-state index is 12.7. The van der Waals surface area contributed by atoms with E-state index in [-0.39, 0.29) is 16.6 Å². The number of nitro groups is 1. The number of hydrogen-bond acceptors (Lipinski definition) is 4. The van der Waals surface area contributed by atoms with E-state index in [9.17, 15) is 18.5 Å². The fraction of sp³-hybridized carbons (Fsp3) is 0.294. The van der Waals surface area contributed by atoms with Gasteiger partial charge in [-0.1, -0.05) is 30.3 Å². The first-order valence-corrected chi connectivity index (χ1v) is 9.22. The van der Waals surface area contributed by atoms with Gasteiger partial charge in [0.05, 0.1) is 9.82 Å². The first-order chi connectivity index (χ1) is 11.4. The van der Waals surface area contributed by atoms with Gasteiger partial charge in [-0.2, -0.15) is 0 Å². The second-order valence-electron chi connectivity index (χ2n) is 5.97. The highest BCUT2D eigenvalue weighted by Crippen LogP contribution is 2.31. The number of sulfonamides is 1. The van der Waals surface area contributed by atoms with E-state index in [1.165, 1.54) is 12.1 Å². The van der Waals surface area contributed by atoms with Crippen LogP contribution in [0.15, 0.2) is 47.4 Å². The smallest absolute Gasteiger partial charge is 0.258 e. The van der Waals surface area contributed by atoms with Crippen molar-refractivity contribution in [2.45, 2.75) is 37.1 Å². The van der Waals surface area contributed by atoms with E-state index < -0.39 is 14.9 Å². The quantitative estimate of drug-likeness (QED) is 0.680. The van der Waals surface area contributed by atoms with E-state index in [1.807, 2.05) is 24.3 Å². The Kier molecular flexibility index (Phi) is 4.38. The second kappa shape index (κ2) is 6.33. The molecule has 1 atom stereocenters. The van der Waals surface area contributed by atoms with Crippen molar-refractivity contribution in [3.05, 3.63) is 69.3 Å². The molecule has 0 saturated heterocycles. The van der Waals surface area contributed by atoms with Crippen LogP contribution in [0.2, 0.25) is 0 Å². The van der Waals surface area contributed by atoms with Crippen LogP contribution in [-0.2, 0) is 16.4 Å². The summed E-state index contributed by atoms with van der Waals surface area (Å²) in [6.45, 7) is 1.58. The zero-order valence-electron chi connectivity index (χ0n) is 13.2. The fourth-order valence-electron chi connectivity index (χ4n) is 3.08. The fourth-order valence-corrected chi connectivity index (χ4v) is 4.35. The van der Waals surface area contributed by atoms with Crippen LogP contribution in [0.5, 0.6) is 0 Å². The molecule has 2 aromatic rings. The molecule has 0 spiro atoms. The van der Waals surface area contributed by atoms with Gasteiger partial charge in [-0.25, -0.2) is 13.1 Å². The summed E-state index contributed by atoms with van der Waals surface area (Å²) in [7, 11) is -3.83. The van der Waals surface area contributed by atoms with Crippen LogP contribution in [-0.4, -0.2) is 13.3 Å². The molecule has 1 aliphatic carbocycles. The van der Waals surface area contributed by atoms with Crippen LogP contribution in [0, 0.1) is 17.0 Å². The lowest BCUT2D eigenvalue weighted by Gasteiger charge is -2.26. The lowest BCUT2D eigenvalue weighted by atomic mass is 9.88. The van der Waals surface area contributed by atoms with Crippen LogP contribution in [0.4, 0.5) is 5.69 Å². The van der Waals surface area contributed by atoms with Gasteiger partial charge in [-0.05, 0) is 43.4 Å². The number of nitrogens with one attached hydrogen (secondary N) is 1. The number of rotatable bonds is 4. The third kappa shape index (κ3) is 3.18. The monoisotopic (exact) mass is 346 g/mol. The van der Waals surface area contributed by atoms with Crippen molar-refractivity contribution < 1.29 is 13.3 Å². The number of aryl methyl sites for hydroxylation is 2. The topological polar surface area (TPSA) is 89.3 Å². The Morgan fingerprint density at radius 1 is 1.21 bits per heavy atom. The molecule has 1 N–H and O–H groups in total. The molecule has 7 heteroatoms. The third-order valence-electron chi connectivity index (χ3n) is 4.35. The Balaban J connectivity index is 1.93. The van der Waals surface area contributed by atoms with E-state index in [1.54, 1.807) is 6.92 Å². The SMILES string of the molecule is Cc1ccc(S(=O)(=O)N[C@H]2CCCc3ccccc32)cc1[N+](=O)[O-]. The van der Waals surface area contributed by atoms with Crippen molar-refractivity contribution in [1.82, 2.24) is 4.72 Å². The van der Waals surface area contributed by atoms with Gasteiger partial charge in [-0.3, -0.25) is 10.1 Å². The van der Waals surface area contributed by atoms with E-state index in [0.717, 1.165) is 30.0 Å². The van der Waals surface area contributed by atoms with Gasteiger partial charge in [0.1, 0.15) is 0 Å². The molecule has 0 amide bonds. The van der Waals surface area contributed by atoms with E-state index in [2.05, 4.69) is 4.72 Å². The minimum Gasteiger partial charge on any atom is -0.258 e. The molecule has 6 nitrogen and oxygen atoms in total. The lowest BCUT2D eigenvalue weighted by molar-refractivity contribution is -0.385. The Morgan fingerprint density at radius 3 is 2.71 bits per heavy atom. The average Bonchev–Trinajstić information content (AvgIpc) is 2.55. The summed E-state index contributed by atoms with van der Waals surface area (Å²) in [6, 6.07) is 11.4. The maximum atomic E-state index is 12.7. The molecule has 0 fully saturated rings. The first-order valence-electron chi connectivity index (χ1n) is 7.73. The molecule has 3 rings (SSSR count). The summed E-state index contributed by atoms with van der Waals surface area (Å²) in [4.78, 5) is 10.4. The molecule has 0 bridgehead atoms. The van der Waals surface area contributed by atoms with Crippen LogP contribution < -0.4 is 4.72 Å². The van der Waals surface area contributed by atoms with E-state index >= 15 is 0 Å². The first kappa shape index (κ1) is 16.6. The molecule has 0 aliphatic heterocycles. The highest BCUT2D eigenvalue weighted by molar-refractivity contribution is 7.89. The maximum Gasteiger partial charge on any atom is 0.273 e. The highest BCUT2D eigenvalue weighted by Gasteiger charge is 2.27. The van der Waals surface area contributed by atoms with E-state index in [4.69, 9.17) is 0 Å². The summed E-state index contributed by atoms with van der Waals surface area (Å²) < 4.78 is 28.0. The van der Waals surface area contributed by atoms with Crippen molar-refractivity contribution in [1.29, 1.82) is 0 Å². The number of benzene rings is 2. The van der Waals surface area contributed by atoms with Crippen LogP contribution >= 0.6 is 0 Å². The second-order valence-corrected chi connectivity index (χ2v) is 7.68. The predicted octanol–water partition coefficient (Wildman–Crippen LogP) is 3.26. The highest BCUT2D eigenvalue weighted by atomic mass is 32.2. The summed E-state index contributed by atoms with van der Waals surface area (Å²) in [5.74, 6) is 0. The minimum atomic E-state index is -3.83. The number of fused-ring (bicyclic) bond motifs is 1. The Bertz CT molecular complexity index is 893. The summed E-state index contributed by atoms with van der Waals surface area (Å²) in [6.07, 6.45) is 2.55. The number of nitro benzene ring substituents is 1. The Hall–Kier alpha value is -2.25. The van der Waals surface area contributed by atoms with Gasteiger partial charge in [0.25, 0.3) is 5.69 Å². The summed E-state index contributed by atoms with van der Waals surface area (Å²) >= 11 is 0. The molecule has 126 valence electrons. The van der Waals surface area contributed by atoms with Gasteiger partial charge >= 0.3 is 0 Å². The van der Waals surface area contributed by atoms with Gasteiger partial charge in [0.15, 0.2) is 0 Å². The average molecular weight is 346 g/mol. The number of hydrogen-bond donors (Lipinski definition) is 1. The predicted molar refractivity (Wildman–Crippen MR) is 90.3 cm³/mol. The molecule has 24 heavy (non-hydrogen) atoms. The van der Waals surface area contributed by atoms with Crippen molar-refractivity contribution in [3.8, 4) is 0 Å². The molecule has 1 aliphatic rings. The minimum absolute atomic E-state index is 0.0807. The normalized spacial score (nSPS) is 17.3. The van der Waals surface area contributed by atoms with Gasteiger partial charge in [0, 0.05) is 17.7 Å². The van der Waals surface area contributed by atoms with E-state index in [0.29, 0.717) is 12.0 Å². The van der Waals surface area contributed by atoms with Crippen molar-refractivity contribution in [2.75, 3.05) is 0 Å². The Labute approximate surface area is 140 Å². The van der Waals surface area contributed by atoms with Crippen molar-refractivity contribution in [2.24, 2.45) is 0 Å². The van der Waals surface area contributed by atoms with Crippen molar-refractivity contribution in [3.63, 3.8) is 0 Å². The Morgan fingerprint density at radius 2 is 1.96 bits per heavy atom. The molecule has 0 radical (unpaired) electrons. The molecule has 0 saturated carbocycles. The standard InChI is InChI=1S/C17H18N2O4S/c1-12-9-10-14(11-17(12)19(20)21)24(22,23)18-16-8-4-6-13-5-2-3-7-15(13)16/h2-3,5,7,9-11,16,18H,4,6,8H2,1H3/t16-/m0/s1. The number of nitrogens with zero attached hydrogens (tertiary/aromatic N) is 1. The van der Waals surface area contributed by atoms with Gasteiger partial charge in [-0.15, -0.1) is 0 Å². The van der Waals surface area contributed by atoms with Gasteiger partial charge < -0.3 is 0 Å². The largest absolute Gasteiger partial charge is 0.273 e. The lowest BCUT2D eigenvalue weighted by Crippen LogP contribution is -2.31. The molecule has 2 aromatic carbocycles. The molecule has 0 aromatic heterocycles. The molecular weight excluding hydrogens is 328 g/mol. The molecule has 0 unspecified atom stereocenters. The van der Waals surface area contributed by atoms with Crippen LogP contribution in [0.1, 0.15) is 35.6 Å². The van der Waals surface area contributed by atoms with Crippen molar-refractivity contribution >= 4 is 15.7 Å². The van der Waals surface area contributed by atoms with Crippen LogP contribution in [0.25, 0.3) is 0 Å². The zero-order chi connectivity index (χ0) is 17.3. The van der Waals surface area contributed by atoms with Gasteiger partial charge in [0.2, 0.25) is 10.0 Å². The summed E-state index contributed by atoms with van der Waals surface area (Å²) in [5, 5.41) is 11.0. The molecule has 0 heterocycles.